The Morgan fingerprint density at radius 2 is 1.89 bits per heavy atom. The van der Waals surface area contributed by atoms with Gasteiger partial charge in [0.15, 0.2) is 0 Å². The topological polar surface area (TPSA) is 66.8 Å². The lowest BCUT2D eigenvalue weighted by atomic mass is 9.84. The van der Waals surface area contributed by atoms with Gasteiger partial charge in [-0.05, 0) is 51.9 Å². The molecule has 108 valence electrons. The quantitative estimate of drug-likeness (QED) is 0.793. The summed E-state index contributed by atoms with van der Waals surface area (Å²) in [5.74, 6) is -0.465. The van der Waals surface area contributed by atoms with Gasteiger partial charge in [0.2, 0.25) is 0 Å². The standard InChI is InChI=1S/C14H23NO4/c1-14(2,3)19-13(18)15-7-6-9-4-5-10(12(16)17)11(9)8-15/h9-11H,4-8H2,1-3H3,(H,16,17)/t9-,10-,11+/m0/s1. The molecule has 0 unspecified atom stereocenters. The van der Waals surface area contributed by atoms with Gasteiger partial charge < -0.3 is 14.7 Å². The van der Waals surface area contributed by atoms with Gasteiger partial charge in [0, 0.05) is 13.1 Å². The fourth-order valence-electron chi connectivity index (χ4n) is 3.25. The van der Waals surface area contributed by atoms with Crippen LogP contribution in [0.1, 0.15) is 40.0 Å². The van der Waals surface area contributed by atoms with E-state index in [4.69, 9.17) is 4.74 Å². The number of nitrogens with zero attached hydrogens (tertiary/aromatic N) is 1. The largest absolute Gasteiger partial charge is 0.481 e. The van der Waals surface area contributed by atoms with Crippen molar-refractivity contribution in [2.24, 2.45) is 17.8 Å². The van der Waals surface area contributed by atoms with Crippen molar-refractivity contribution in [3.8, 4) is 0 Å². The molecular weight excluding hydrogens is 246 g/mol. The maximum absolute atomic E-state index is 12.0. The molecule has 0 aromatic heterocycles. The number of carboxylic acids is 1. The van der Waals surface area contributed by atoms with Crippen LogP contribution >= 0.6 is 0 Å². The summed E-state index contributed by atoms with van der Waals surface area (Å²) in [6, 6.07) is 0. The molecular formula is C14H23NO4. The van der Waals surface area contributed by atoms with E-state index in [2.05, 4.69) is 0 Å². The van der Waals surface area contributed by atoms with Crippen molar-refractivity contribution in [3.63, 3.8) is 0 Å². The lowest BCUT2D eigenvalue weighted by molar-refractivity contribution is -0.143. The second-order valence-electron chi connectivity index (χ2n) is 6.66. The van der Waals surface area contributed by atoms with Crippen LogP contribution in [0.25, 0.3) is 0 Å². The van der Waals surface area contributed by atoms with E-state index >= 15 is 0 Å². The van der Waals surface area contributed by atoms with Crippen LogP contribution in [0.2, 0.25) is 0 Å². The molecule has 5 nitrogen and oxygen atoms in total. The zero-order valence-corrected chi connectivity index (χ0v) is 11.9. The van der Waals surface area contributed by atoms with Crippen LogP contribution in [0.5, 0.6) is 0 Å². The molecule has 0 aromatic rings. The number of fused-ring (bicyclic) bond motifs is 1. The summed E-state index contributed by atoms with van der Waals surface area (Å²) in [6.45, 7) is 6.73. The molecule has 1 saturated carbocycles. The second kappa shape index (κ2) is 5.02. The zero-order valence-electron chi connectivity index (χ0n) is 11.9. The Balaban J connectivity index is 1.99. The van der Waals surface area contributed by atoms with Crippen LogP contribution in [0, 0.1) is 17.8 Å². The third-order valence-electron chi connectivity index (χ3n) is 4.14. The van der Waals surface area contributed by atoms with Crippen molar-refractivity contribution in [2.45, 2.75) is 45.6 Å². The van der Waals surface area contributed by atoms with E-state index < -0.39 is 11.6 Å². The molecule has 1 saturated heterocycles. The molecule has 2 fully saturated rings. The van der Waals surface area contributed by atoms with Gasteiger partial charge in [0.1, 0.15) is 5.60 Å². The van der Waals surface area contributed by atoms with Gasteiger partial charge in [0.25, 0.3) is 0 Å². The van der Waals surface area contributed by atoms with Crippen LogP contribution in [0.4, 0.5) is 4.79 Å². The molecule has 0 bridgehead atoms. The van der Waals surface area contributed by atoms with Crippen molar-refractivity contribution in [3.05, 3.63) is 0 Å². The Morgan fingerprint density at radius 1 is 1.21 bits per heavy atom. The van der Waals surface area contributed by atoms with E-state index in [1.807, 2.05) is 20.8 Å². The molecule has 1 amide bonds. The summed E-state index contributed by atoms with van der Waals surface area (Å²) in [5, 5.41) is 9.23. The summed E-state index contributed by atoms with van der Waals surface area (Å²) in [7, 11) is 0. The highest BCUT2D eigenvalue weighted by Gasteiger charge is 2.44. The van der Waals surface area contributed by atoms with Gasteiger partial charge in [-0.1, -0.05) is 0 Å². The van der Waals surface area contributed by atoms with E-state index in [1.54, 1.807) is 4.90 Å². The fraction of sp³-hybridized carbons (Fsp3) is 0.857. The van der Waals surface area contributed by atoms with Crippen molar-refractivity contribution in [1.29, 1.82) is 0 Å². The molecule has 19 heavy (non-hydrogen) atoms. The van der Waals surface area contributed by atoms with E-state index in [0.717, 1.165) is 19.3 Å². The average molecular weight is 269 g/mol. The van der Waals surface area contributed by atoms with Gasteiger partial charge >= 0.3 is 12.1 Å². The first-order valence-electron chi connectivity index (χ1n) is 6.98. The van der Waals surface area contributed by atoms with Crippen LogP contribution in [-0.2, 0) is 9.53 Å². The minimum atomic E-state index is -0.724. The molecule has 0 spiro atoms. The molecule has 1 aliphatic carbocycles. The van der Waals surface area contributed by atoms with Crippen molar-refractivity contribution >= 4 is 12.1 Å². The molecule has 1 N–H and O–H groups in total. The Morgan fingerprint density at radius 3 is 2.47 bits per heavy atom. The number of carbonyl (C=O) groups excluding carboxylic acids is 1. The summed E-state index contributed by atoms with van der Waals surface area (Å²) in [5.41, 5.74) is -0.504. The van der Waals surface area contributed by atoms with Gasteiger partial charge in [-0.15, -0.1) is 0 Å². The summed E-state index contributed by atoms with van der Waals surface area (Å²) in [4.78, 5) is 24.9. The molecule has 5 heteroatoms. The number of likely N-dealkylation sites (tertiary alicyclic amines) is 1. The molecule has 3 atom stereocenters. The van der Waals surface area contributed by atoms with Crippen LogP contribution in [-0.4, -0.2) is 40.8 Å². The highest BCUT2D eigenvalue weighted by Crippen LogP contribution is 2.42. The van der Waals surface area contributed by atoms with E-state index in [0.29, 0.717) is 19.0 Å². The van der Waals surface area contributed by atoms with Gasteiger partial charge in [-0.2, -0.15) is 0 Å². The summed E-state index contributed by atoms with van der Waals surface area (Å²) < 4.78 is 5.36. The van der Waals surface area contributed by atoms with Gasteiger partial charge in [-0.3, -0.25) is 4.79 Å². The van der Waals surface area contributed by atoms with Gasteiger partial charge in [-0.25, -0.2) is 4.79 Å². The maximum Gasteiger partial charge on any atom is 0.410 e. The number of hydrogen-bond donors (Lipinski definition) is 1. The third-order valence-corrected chi connectivity index (χ3v) is 4.14. The van der Waals surface area contributed by atoms with E-state index in [1.165, 1.54) is 0 Å². The number of aliphatic carboxylic acids is 1. The minimum Gasteiger partial charge on any atom is -0.481 e. The second-order valence-corrected chi connectivity index (χ2v) is 6.66. The minimum absolute atomic E-state index is 0.0961. The van der Waals surface area contributed by atoms with Crippen LogP contribution in [0.15, 0.2) is 0 Å². The Hall–Kier alpha value is -1.26. The SMILES string of the molecule is CC(C)(C)OC(=O)N1CC[C@@H]2CC[C@H](C(=O)O)[C@@H]2C1. The van der Waals surface area contributed by atoms with Crippen LogP contribution < -0.4 is 0 Å². The van der Waals surface area contributed by atoms with Gasteiger partial charge in [0.05, 0.1) is 5.92 Å². The Labute approximate surface area is 113 Å². The highest BCUT2D eigenvalue weighted by molar-refractivity contribution is 5.72. The van der Waals surface area contributed by atoms with Crippen LogP contribution in [0.3, 0.4) is 0 Å². The van der Waals surface area contributed by atoms with Crippen molar-refractivity contribution < 1.29 is 19.4 Å². The number of carbonyl (C=O) groups is 2. The molecule has 0 aromatic carbocycles. The Bertz CT molecular complexity index is 374. The summed E-state index contributed by atoms with van der Waals surface area (Å²) >= 11 is 0. The molecule has 1 heterocycles. The smallest absolute Gasteiger partial charge is 0.410 e. The summed E-state index contributed by atoms with van der Waals surface area (Å²) in [6.07, 6.45) is 2.30. The number of ether oxygens (including phenoxy) is 1. The number of piperidine rings is 1. The van der Waals surface area contributed by atoms with E-state index in [9.17, 15) is 14.7 Å². The first-order valence-corrected chi connectivity index (χ1v) is 6.98. The lowest BCUT2D eigenvalue weighted by Gasteiger charge is -2.37. The molecule has 1 aliphatic heterocycles. The lowest BCUT2D eigenvalue weighted by Crippen LogP contribution is -2.46. The average Bonchev–Trinajstić information content (AvgIpc) is 2.68. The van der Waals surface area contributed by atoms with E-state index in [-0.39, 0.29) is 17.9 Å². The monoisotopic (exact) mass is 269 g/mol. The first-order chi connectivity index (χ1) is 8.78. The zero-order chi connectivity index (χ0) is 14.2. The van der Waals surface area contributed by atoms with Crippen molar-refractivity contribution in [1.82, 2.24) is 4.90 Å². The predicted octanol–water partition coefficient (Wildman–Crippen LogP) is 2.35. The molecule has 2 rings (SSSR count). The highest BCUT2D eigenvalue weighted by atomic mass is 16.6. The third kappa shape index (κ3) is 3.19. The number of carboxylic acid groups (broad SMARTS) is 1. The van der Waals surface area contributed by atoms with Crippen molar-refractivity contribution in [2.75, 3.05) is 13.1 Å². The number of hydrogen-bond acceptors (Lipinski definition) is 3. The molecule has 0 radical (unpaired) electrons. The predicted molar refractivity (Wildman–Crippen MR) is 69.8 cm³/mol. The first kappa shape index (κ1) is 14.2. The maximum atomic E-state index is 12.0. The molecule has 2 aliphatic rings. The fourth-order valence-corrected chi connectivity index (χ4v) is 3.25. The Kier molecular flexibility index (Phi) is 3.74. The normalized spacial score (nSPS) is 30.9. The number of amides is 1. The number of rotatable bonds is 1.